The molecule has 15 nitrogen and oxygen atoms in total. The number of aliphatic imine (C=N–C) groups is 1. The van der Waals surface area contributed by atoms with Crippen molar-refractivity contribution in [2.75, 3.05) is 19.6 Å². The van der Waals surface area contributed by atoms with Gasteiger partial charge in [-0.15, -0.1) is 0 Å². The number of nitrogens with one attached hydrogen (secondary N) is 6. The van der Waals surface area contributed by atoms with Gasteiger partial charge in [0, 0.05) is 31.6 Å². The minimum Gasteiger partial charge on any atom is -0.376 e. The molecule has 0 saturated heterocycles. The van der Waals surface area contributed by atoms with Crippen LogP contribution in [0.25, 0.3) is 10.8 Å². The molecule has 6 amide bonds. The third-order valence-electron chi connectivity index (χ3n) is 11.7. The summed E-state index contributed by atoms with van der Waals surface area (Å²) < 4.78 is 0. The first-order valence-electron chi connectivity index (χ1n) is 22.2. The summed E-state index contributed by atoms with van der Waals surface area (Å²) in [5, 5.41) is 20.0. The fourth-order valence-electron chi connectivity index (χ4n) is 8.12. The molecule has 3 atom stereocenters. The summed E-state index contributed by atoms with van der Waals surface area (Å²) in [6, 6.07) is 30.0. The first-order valence-corrected chi connectivity index (χ1v) is 22.2. The van der Waals surface area contributed by atoms with Crippen molar-refractivity contribution >= 4 is 46.4 Å². The van der Waals surface area contributed by atoms with Crippen molar-refractivity contribution in [3.8, 4) is 0 Å². The van der Waals surface area contributed by atoms with E-state index >= 15 is 0 Å². The molecule has 15 heteroatoms. The standard InChI is InChI=1S/C49H64N10O5/c1-3-4-27-54-48(64)59-49(25-23-38(24-26-49)36-16-9-6-10-17-36)46(63)58-42(30-34-14-7-5-8-15-34)45(62)57-40(20-13-28-53-47(51)52)33(2)56-41(44(61)55-32-43(50)60)31-35-21-22-37-18-11-12-19-39(37)29-35/h5-12,14-19,21-22,29,38,40-42,56H,2-4,13,20,23-28,30-32H2,1H3,(H2,50,60)(H,55,61)(H,57,62)(H,58,63)(H4,51,52,53)(H2,54,59,64)/t38?,40-,41-,42+,49?/m0/s1. The summed E-state index contributed by atoms with van der Waals surface area (Å²) in [5.74, 6) is -2.03. The van der Waals surface area contributed by atoms with Gasteiger partial charge in [-0.25, -0.2) is 4.79 Å². The van der Waals surface area contributed by atoms with E-state index in [-0.39, 0.29) is 37.8 Å². The average molecular weight is 873 g/mol. The molecule has 0 aromatic heterocycles. The van der Waals surface area contributed by atoms with Crippen molar-refractivity contribution in [2.24, 2.45) is 22.2 Å². The van der Waals surface area contributed by atoms with E-state index in [0.29, 0.717) is 50.8 Å². The number of carbonyl (C=O) groups excluding carboxylic acids is 5. The van der Waals surface area contributed by atoms with Gasteiger partial charge in [-0.3, -0.25) is 24.2 Å². The van der Waals surface area contributed by atoms with E-state index < -0.39 is 53.3 Å². The van der Waals surface area contributed by atoms with Crippen LogP contribution in [0.1, 0.15) is 80.9 Å². The van der Waals surface area contributed by atoms with E-state index in [0.717, 1.165) is 34.7 Å². The van der Waals surface area contributed by atoms with Gasteiger partial charge in [0.15, 0.2) is 5.96 Å². The number of hydrogen-bond acceptors (Lipinski definition) is 7. The molecule has 1 saturated carbocycles. The Kier molecular flexibility index (Phi) is 18.1. The lowest BCUT2D eigenvalue weighted by Gasteiger charge is -2.40. The zero-order valence-electron chi connectivity index (χ0n) is 36.7. The normalized spacial score (nSPS) is 17.1. The second kappa shape index (κ2) is 24.1. The van der Waals surface area contributed by atoms with E-state index in [4.69, 9.17) is 17.2 Å². The average Bonchev–Trinajstić information content (AvgIpc) is 3.29. The van der Waals surface area contributed by atoms with Crippen molar-refractivity contribution in [1.82, 2.24) is 31.9 Å². The molecule has 1 fully saturated rings. The largest absolute Gasteiger partial charge is 0.376 e. The summed E-state index contributed by atoms with van der Waals surface area (Å²) in [6.07, 6.45) is 4.79. The molecule has 0 unspecified atom stereocenters. The minimum absolute atomic E-state index is 0.0795. The number of urea groups is 1. The molecule has 5 rings (SSSR count). The minimum atomic E-state index is -1.28. The lowest BCUT2D eigenvalue weighted by molar-refractivity contribution is -0.133. The summed E-state index contributed by atoms with van der Waals surface area (Å²) in [7, 11) is 0. The Labute approximate surface area is 375 Å². The number of hydrogen-bond donors (Lipinski definition) is 9. The molecule has 4 aromatic rings. The maximum absolute atomic E-state index is 14.7. The molecular weight excluding hydrogens is 809 g/mol. The predicted molar refractivity (Wildman–Crippen MR) is 252 cm³/mol. The van der Waals surface area contributed by atoms with Crippen LogP contribution in [0.3, 0.4) is 0 Å². The Bertz CT molecular complexity index is 2220. The molecule has 0 spiro atoms. The number of primary amides is 1. The van der Waals surface area contributed by atoms with Crippen molar-refractivity contribution in [3.63, 3.8) is 0 Å². The molecule has 1 aliphatic carbocycles. The summed E-state index contributed by atoms with van der Waals surface area (Å²) in [5.41, 5.74) is 18.5. The van der Waals surface area contributed by atoms with Crippen molar-refractivity contribution in [3.05, 3.63) is 132 Å². The van der Waals surface area contributed by atoms with Crippen molar-refractivity contribution < 1.29 is 24.0 Å². The van der Waals surface area contributed by atoms with Crippen molar-refractivity contribution in [1.29, 1.82) is 0 Å². The lowest BCUT2D eigenvalue weighted by atomic mass is 9.73. The van der Waals surface area contributed by atoms with Crippen LogP contribution in [0, 0.1) is 0 Å². The van der Waals surface area contributed by atoms with E-state index in [1.54, 1.807) is 0 Å². The molecule has 0 radical (unpaired) electrons. The number of amides is 6. The summed E-state index contributed by atoms with van der Waals surface area (Å²) in [4.78, 5) is 72.2. The van der Waals surface area contributed by atoms with Crippen LogP contribution in [-0.2, 0) is 32.0 Å². The Morgan fingerprint density at radius 2 is 1.36 bits per heavy atom. The molecule has 4 aromatic carbocycles. The molecule has 0 bridgehead atoms. The summed E-state index contributed by atoms with van der Waals surface area (Å²) in [6.45, 7) is 6.67. The number of nitrogens with two attached hydrogens (primary N) is 3. The molecule has 12 N–H and O–H groups in total. The van der Waals surface area contributed by atoms with Crippen LogP contribution in [0.4, 0.5) is 4.79 Å². The zero-order valence-corrected chi connectivity index (χ0v) is 36.7. The van der Waals surface area contributed by atoms with Crippen LogP contribution < -0.4 is 49.1 Å². The predicted octanol–water partition coefficient (Wildman–Crippen LogP) is 3.92. The second-order valence-electron chi connectivity index (χ2n) is 16.5. The van der Waals surface area contributed by atoms with Gasteiger partial charge in [-0.2, -0.15) is 0 Å². The number of nitrogens with zero attached hydrogens (tertiary/aromatic N) is 1. The van der Waals surface area contributed by atoms with E-state index in [1.165, 1.54) is 5.56 Å². The highest BCUT2D eigenvalue weighted by Crippen LogP contribution is 2.38. The van der Waals surface area contributed by atoms with Gasteiger partial charge < -0.3 is 49.1 Å². The Balaban J connectivity index is 1.41. The number of unbranched alkanes of at least 4 members (excludes halogenated alkanes) is 1. The summed E-state index contributed by atoms with van der Waals surface area (Å²) >= 11 is 0. The Morgan fingerprint density at radius 1 is 0.719 bits per heavy atom. The number of fused-ring (bicyclic) bond motifs is 1. The topological polar surface area (TPSA) is 248 Å². The highest BCUT2D eigenvalue weighted by molar-refractivity contribution is 5.95. The van der Waals surface area contributed by atoms with Crippen LogP contribution >= 0.6 is 0 Å². The van der Waals surface area contributed by atoms with Gasteiger partial charge in [-0.05, 0) is 78.3 Å². The molecule has 0 heterocycles. The van der Waals surface area contributed by atoms with E-state index in [1.807, 2.05) is 97.9 Å². The monoisotopic (exact) mass is 873 g/mol. The smallest absolute Gasteiger partial charge is 0.315 e. The number of rotatable bonds is 23. The lowest BCUT2D eigenvalue weighted by Crippen LogP contribution is -2.65. The molecule has 0 aliphatic heterocycles. The molecule has 64 heavy (non-hydrogen) atoms. The maximum atomic E-state index is 14.7. The van der Waals surface area contributed by atoms with Gasteiger partial charge in [0.05, 0.1) is 12.6 Å². The zero-order chi connectivity index (χ0) is 45.9. The fourth-order valence-corrected chi connectivity index (χ4v) is 8.12. The van der Waals surface area contributed by atoms with Crippen LogP contribution in [0.5, 0.6) is 0 Å². The molecule has 1 aliphatic rings. The third-order valence-corrected chi connectivity index (χ3v) is 11.7. The van der Waals surface area contributed by atoms with Gasteiger partial charge in [0.1, 0.15) is 17.6 Å². The second-order valence-corrected chi connectivity index (χ2v) is 16.5. The third kappa shape index (κ3) is 14.6. The van der Waals surface area contributed by atoms with Crippen molar-refractivity contribution in [2.45, 2.75) is 101 Å². The van der Waals surface area contributed by atoms with Crippen LogP contribution in [-0.4, -0.2) is 78.9 Å². The van der Waals surface area contributed by atoms with Gasteiger partial charge in [0.25, 0.3) is 0 Å². The number of carbonyl (C=O) groups is 5. The quantitative estimate of drug-likeness (QED) is 0.0300. The SMILES string of the molecule is C=C(N[C@@H](Cc1ccc2ccccc2c1)C(=O)NCC(N)=O)[C@H](CCCN=C(N)N)NC(=O)[C@@H](Cc1ccccc1)NC(=O)C1(NC(=O)NCCCC)CCC(c2ccccc2)CC1. The number of benzene rings is 4. The molecule has 340 valence electrons. The molecular formula is C49H64N10O5. The first kappa shape index (κ1) is 48.1. The van der Waals surface area contributed by atoms with Gasteiger partial charge in [0.2, 0.25) is 23.6 Å². The Hall–Kier alpha value is -6.90. The van der Waals surface area contributed by atoms with E-state index in [2.05, 4.69) is 55.6 Å². The van der Waals surface area contributed by atoms with Crippen LogP contribution in [0.2, 0.25) is 0 Å². The fraction of sp³-hybridized carbons (Fsp3) is 0.388. The van der Waals surface area contributed by atoms with E-state index in [9.17, 15) is 24.0 Å². The highest BCUT2D eigenvalue weighted by atomic mass is 16.2. The van der Waals surface area contributed by atoms with Gasteiger partial charge in [-0.1, -0.05) is 123 Å². The Morgan fingerprint density at radius 3 is 2.03 bits per heavy atom. The van der Waals surface area contributed by atoms with Gasteiger partial charge >= 0.3 is 6.03 Å². The maximum Gasteiger partial charge on any atom is 0.315 e. The highest BCUT2D eigenvalue weighted by Gasteiger charge is 2.45. The first-order chi connectivity index (χ1) is 30.9. The van der Waals surface area contributed by atoms with Crippen LogP contribution in [0.15, 0.2) is 120 Å². The number of guanidine groups is 1.